The van der Waals surface area contributed by atoms with Crippen LogP contribution in [0.5, 0.6) is 17.2 Å². The number of amides is 1. The zero-order valence-electron chi connectivity index (χ0n) is 24.3. The van der Waals surface area contributed by atoms with Crippen molar-refractivity contribution in [3.8, 4) is 17.2 Å². The Hall–Kier alpha value is -3.81. The van der Waals surface area contributed by atoms with E-state index >= 15 is 0 Å². The van der Waals surface area contributed by atoms with Gasteiger partial charge in [0, 0.05) is 4.47 Å². The highest BCUT2D eigenvalue weighted by Crippen LogP contribution is 2.39. The molecule has 1 aliphatic heterocycles. The number of hydrogen-bond donors (Lipinski definition) is 1. The van der Waals surface area contributed by atoms with Gasteiger partial charge in [0.1, 0.15) is 12.4 Å². The van der Waals surface area contributed by atoms with Gasteiger partial charge in [-0.05, 0) is 125 Å². The van der Waals surface area contributed by atoms with Crippen LogP contribution in [0.15, 0.2) is 99.3 Å². The van der Waals surface area contributed by atoms with E-state index < -0.39 is 5.97 Å². The number of rotatable bonds is 11. The average molecular weight is 799 g/mol. The Morgan fingerprint density at radius 1 is 1.00 bits per heavy atom. The summed E-state index contributed by atoms with van der Waals surface area (Å²) in [6.07, 6.45) is 1.83. The minimum absolute atomic E-state index is 0.178. The zero-order chi connectivity index (χ0) is 31.9. The van der Waals surface area contributed by atoms with Gasteiger partial charge in [-0.3, -0.25) is 9.69 Å². The van der Waals surface area contributed by atoms with E-state index in [1.165, 1.54) is 23.9 Å². The van der Waals surface area contributed by atoms with Crippen LogP contribution in [0.1, 0.15) is 34.0 Å². The summed E-state index contributed by atoms with van der Waals surface area (Å²) in [4.78, 5) is 32.0. The topological polar surface area (TPSA) is 97.7 Å². The van der Waals surface area contributed by atoms with E-state index in [0.29, 0.717) is 46.2 Å². The van der Waals surface area contributed by atoms with Crippen LogP contribution in [0.2, 0.25) is 0 Å². The van der Waals surface area contributed by atoms with Crippen molar-refractivity contribution < 1.29 is 28.9 Å². The number of aliphatic imine (C=N–C) groups is 1. The van der Waals surface area contributed by atoms with Gasteiger partial charge in [0.2, 0.25) is 0 Å². The van der Waals surface area contributed by atoms with Crippen molar-refractivity contribution >= 4 is 79.1 Å². The van der Waals surface area contributed by atoms with Crippen LogP contribution in [0.25, 0.3) is 6.08 Å². The third kappa shape index (κ3) is 8.27. The van der Waals surface area contributed by atoms with E-state index in [4.69, 9.17) is 19.2 Å². The predicted molar refractivity (Wildman–Crippen MR) is 188 cm³/mol. The van der Waals surface area contributed by atoms with Crippen LogP contribution in [0.4, 0.5) is 5.69 Å². The summed E-state index contributed by atoms with van der Waals surface area (Å²) < 4.78 is 19.3. The van der Waals surface area contributed by atoms with Gasteiger partial charge in [-0.15, -0.1) is 0 Å². The molecule has 1 saturated heterocycles. The van der Waals surface area contributed by atoms with Crippen LogP contribution in [0.3, 0.4) is 0 Å². The number of thioether (sulfide) groups is 1. The molecule has 230 valence electrons. The molecular formula is C34H28BrIN2O6S. The summed E-state index contributed by atoms with van der Waals surface area (Å²) in [6, 6.07) is 25.5. The number of carbonyl (C=O) groups is 2. The van der Waals surface area contributed by atoms with E-state index in [9.17, 15) is 14.7 Å². The fourth-order valence-electron chi connectivity index (χ4n) is 4.40. The van der Waals surface area contributed by atoms with E-state index in [1.807, 2.05) is 73.7 Å². The number of methoxy groups -OCH3 is 1. The molecule has 8 nitrogen and oxygen atoms in total. The highest BCUT2D eigenvalue weighted by molar-refractivity contribution is 14.1. The maximum atomic E-state index is 13.8. The lowest BCUT2D eigenvalue weighted by Gasteiger charge is -2.16. The second kappa shape index (κ2) is 15.0. The number of carboxylic acids is 1. The van der Waals surface area contributed by atoms with Gasteiger partial charge in [-0.1, -0.05) is 40.2 Å². The molecular weight excluding hydrogens is 771 g/mol. The van der Waals surface area contributed by atoms with Crippen LogP contribution >= 0.6 is 50.3 Å². The van der Waals surface area contributed by atoms with Gasteiger partial charge in [-0.25, -0.2) is 9.79 Å². The fraction of sp³-hybridized carbons (Fsp3) is 0.147. The third-order valence-electron chi connectivity index (χ3n) is 6.65. The fourth-order valence-corrected chi connectivity index (χ4v) is 6.44. The van der Waals surface area contributed by atoms with Gasteiger partial charge < -0.3 is 19.3 Å². The second-order valence-corrected chi connectivity index (χ2v) is 12.9. The van der Waals surface area contributed by atoms with Gasteiger partial charge in [-0.2, -0.15) is 0 Å². The van der Waals surface area contributed by atoms with Crippen LogP contribution in [-0.2, 0) is 17.9 Å². The summed E-state index contributed by atoms with van der Waals surface area (Å²) in [7, 11) is 1.60. The minimum atomic E-state index is -1.01. The molecule has 45 heavy (non-hydrogen) atoms. The number of ether oxygens (including phenoxy) is 3. The lowest BCUT2D eigenvalue weighted by atomic mass is 10.1. The van der Waals surface area contributed by atoms with E-state index in [0.717, 1.165) is 24.7 Å². The molecule has 4 aromatic rings. The first-order chi connectivity index (χ1) is 21.7. The SMILES string of the molecule is CCOc1cc(/C=C2\SC(=Nc3ccc(OC)cc3)N(Cc3ccc(C(=O)O)cc3)C2=O)cc(I)c1OCc1ccc(Br)cc1. The maximum Gasteiger partial charge on any atom is 0.335 e. The lowest BCUT2D eigenvalue weighted by Crippen LogP contribution is -2.28. The van der Waals surface area contributed by atoms with Gasteiger partial charge in [0.25, 0.3) is 5.91 Å². The van der Waals surface area contributed by atoms with E-state index in [-0.39, 0.29) is 18.0 Å². The molecule has 0 spiro atoms. The number of carbonyl (C=O) groups excluding carboxylic acids is 1. The van der Waals surface area contributed by atoms with Crippen molar-refractivity contribution in [3.05, 3.63) is 120 Å². The van der Waals surface area contributed by atoms with Crippen molar-refractivity contribution in [2.45, 2.75) is 20.1 Å². The molecule has 1 N–H and O–H groups in total. The Morgan fingerprint density at radius 3 is 2.33 bits per heavy atom. The second-order valence-electron chi connectivity index (χ2n) is 9.77. The first kappa shape index (κ1) is 32.6. The molecule has 0 atom stereocenters. The first-order valence-corrected chi connectivity index (χ1v) is 16.5. The number of halogens is 2. The Morgan fingerprint density at radius 2 is 1.69 bits per heavy atom. The summed E-state index contributed by atoms with van der Waals surface area (Å²) in [6.45, 7) is 2.97. The van der Waals surface area contributed by atoms with E-state index in [2.05, 4.69) is 38.5 Å². The summed E-state index contributed by atoms with van der Waals surface area (Å²) in [5, 5.41) is 9.79. The average Bonchev–Trinajstić information content (AvgIpc) is 3.31. The minimum Gasteiger partial charge on any atom is -0.497 e. The number of benzene rings is 4. The molecule has 11 heteroatoms. The van der Waals surface area contributed by atoms with Gasteiger partial charge >= 0.3 is 5.97 Å². The molecule has 1 fully saturated rings. The smallest absolute Gasteiger partial charge is 0.335 e. The third-order valence-corrected chi connectivity index (χ3v) is 8.99. The zero-order valence-corrected chi connectivity index (χ0v) is 28.9. The Kier molecular flexibility index (Phi) is 10.8. The van der Waals surface area contributed by atoms with Crippen molar-refractivity contribution in [1.82, 2.24) is 4.90 Å². The number of nitrogens with zero attached hydrogens (tertiary/aromatic N) is 2. The molecule has 5 rings (SSSR count). The normalized spacial score (nSPS) is 14.7. The molecule has 0 radical (unpaired) electrons. The number of aromatic carboxylic acids is 1. The lowest BCUT2D eigenvalue weighted by molar-refractivity contribution is -0.122. The van der Waals surface area contributed by atoms with Crippen LogP contribution in [-0.4, -0.2) is 40.8 Å². The van der Waals surface area contributed by atoms with Crippen LogP contribution in [0, 0.1) is 3.57 Å². The maximum absolute atomic E-state index is 13.8. The summed E-state index contributed by atoms with van der Waals surface area (Å²) in [5.41, 5.74) is 3.43. The largest absolute Gasteiger partial charge is 0.497 e. The molecule has 0 unspecified atom stereocenters. The van der Waals surface area contributed by atoms with Crippen molar-refractivity contribution in [2.24, 2.45) is 4.99 Å². The molecule has 1 amide bonds. The predicted octanol–water partition coefficient (Wildman–Crippen LogP) is 8.54. The number of carboxylic acid groups (broad SMARTS) is 1. The molecule has 0 bridgehead atoms. The molecule has 4 aromatic carbocycles. The van der Waals surface area contributed by atoms with Gasteiger partial charge in [0.05, 0.1) is 40.0 Å². The quantitative estimate of drug-likeness (QED) is 0.120. The first-order valence-electron chi connectivity index (χ1n) is 13.8. The standard InChI is InChI=1S/C34H28BrIN2O6S/c1-3-43-29-17-23(16-28(36)31(29)44-20-22-6-10-25(35)11-7-22)18-30-32(39)38(19-21-4-8-24(9-5-21)33(40)41)34(45-30)37-26-12-14-27(42-2)15-13-26/h4-18H,3,19-20H2,1-2H3,(H,40,41)/b30-18-,37-34?. The van der Waals surface area contributed by atoms with Crippen molar-refractivity contribution in [1.29, 1.82) is 0 Å². The Balaban J connectivity index is 1.45. The number of hydrogen-bond acceptors (Lipinski definition) is 7. The molecule has 0 aliphatic carbocycles. The van der Waals surface area contributed by atoms with Crippen molar-refractivity contribution in [2.75, 3.05) is 13.7 Å². The molecule has 1 aliphatic rings. The molecule has 0 aromatic heterocycles. The molecule has 0 saturated carbocycles. The molecule has 1 heterocycles. The highest BCUT2D eigenvalue weighted by Gasteiger charge is 2.33. The number of amidine groups is 1. The summed E-state index contributed by atoms with van der Waals surface area (Å²) >= 11 is 6.96. The van der Waals surface area contributed by atoms with Gasteiger partial charge in [0.15, 0.2) is 16.7 Å². The van der Waals surface area contributed by atoms with Crippen molar-refractivity contribution in [3.63, 3.8) is 0 Å². The monoisotopic (exact) mass is 798 g/mol. The van der Waals surface area contributed by atoms with E-state index in [1.54, 1.807) is 24.1 Å². The Bertz CT molecular complexity index is 1760. The summed E-state index contributed by atoms with van der Waals surface area (Å²) in [5.74, 6) is 0.715. The highest BCUT2D eigenvalue weighted by atomic mass is 127. The Labute approximate surface area is 287 Å². The van der Waals surface area contributed by atoms with Crippen LogP contribution < -0.4 is 14.2 Å².